The number of nitrogens with two attached hydrogens (primary N) is 1. The molecule has 0 atom stereocenters. The van der Waals surface area contributed by atoms with E-state index in [0.29, 0.717) is 19.1 Å². The fourth-order valence-electron chi connectivity index (χ4n) is 1.20. The largest absolute Gasteiger partial charge is 0.468 e. The number of ether oxygens (including phenoxy) is 1. The fraction of sp³-hybridized carbons (Fsp3) is 0.889. The van der Waals surface area contributed by atoms with Gasteiger partial charge in [0.1, 0.15) is 0 Å². The van der Waals surface area contributed by atoms with Crippen molar-refractivity contribution in [1.82, 2.24) is 0 Å². The fourth-order valence-corrected chi connectivity index (χ4v) is 1.20. The van der Waals surface area contributed by atoms with Gasteiger partial charge in [0.2, 0.25) is 0 Å². The SMILES string of the molecule is CCOC=O.NC1CCCCC1. The first-order valence-electron chi connectivity index (χ1n) is 4.62. The van der Waals surface area contributed by atoms with Crippen molar-refractivity contribution in [2.24, 2.45) is 5.73 Å². The van der Waals surface area contributed by atoms with E-state index in [9.17, 15) is 4.79 Å². The summed E-state index contributed by atoms with van der Waals surface area (Å²) >= 11 is 0. The highest BCUT2D eigenvalue weighted by Gasteiger charge is 2.06. The second-order valence-corrected chi connectivity index (χ2v) is 2.95. The van der Waals surface area contributed by atoms with E-state index in [0.717, 1.165) is 0 Å². The van der Waals surface area contributed by atoms with Crippen LogP contribution in [0.3, 0.4) is 0 Å². The zero-order valence-corrected chi connectivity index (χ0v) is 7.79. The molecule has 1 saturated carbocycles. The van der Waals surface area contributed by atoms with E-state index in [4.69, 9.17) is 5.73 Å². The van der Waals surface area contributed by atoms with Crippen LogP contribution in [0.2, 0.25) is 0 Å². The van der Waals surface area contributed by atoms with Gasteiger partial charge in [-0.25, -0.2) is 0 Å². The Labute approximate surface area is 74.3 Å². The first kappa shape index (κ1) is 11.4. The summed E-state index contributed by atoms with van der Waals surface area (Å²) in [6.07, 6.45) is 6.66. The van der Waals surface area contributed by atoms with Crippen molar-refractivity contribution < 1.29 is 9.53 Å². The lowest BCUT2D eigenvalue weighted by molar-refractivity contribution is -0.128. The van der Waals surface area contributed by atoms with Crippen LogP contribution in [0.4, 0.5) is 0 Å². The zero-order valence-electron chi connectivity index (χ0n) is 7.79. The van der Waals surface area contributed by atoms with Gasteiger partial charge in [0.05, 0.1) is 6.61 Å². The van der Waals surface area contributed by atoms with Crippen LogP contribution in [0.25, 0.3) is 0 Å². The molecule has 1 aliphatic carbocycles. The van der Waals surface area contributed by atoms with E-state index in [1.54, 1.807) is 6.92 Å². The topological polar surface area (TPSA) is 52.3 Å². The maximum atomic E-state index is 9.18. The van der Waals surface area contributed by atoms with Crippen LogP contribution in [0, 0.1) is 0 Å². The van der Waals surface area contributed by atoms with Gasteiger partial charge in [0.25, 0.3) is 6.47 Å². The van der Waals surface area contributed by atoms with Crippen LogP contribution in [0.15, 0.2) is 0 Å². The molecule has 0 radical (unpaired) electrons. The van der Waals surface area contributed by atoms with Crippen molar-refractivity contribution in [2.45, 2.75) is 45.1 Å². The third kappa shape index (κ3) is 7.54. The maximum absolute atomic E-state index is 9.18. The Kier molecular flexibility index (Phi) is 8.12. The second-order valence-electron chi connectivity index (χ2n) is 2.95. The number of carbonyl (C=O) groups excluding carboxylic acids is 1. The predicted molar refractivity (Wildman–Crippen MR) is 48.8 cm³/mol. The van der Waals surface area contributed by atoms with Crippen LogP contribution in [-0.4, -0.2) is 19.1 Å². The molecule has 1 aliphatic rings. The lowest BCUT2D eigenvalue weighted by Crippen LogP contribution is -2.22. The van der Waals surface area contributed by atoms with Gasteiger partial charge in [-0.15, -0.1) is 0 Å². The predicted octanol–water partition coefficient (Wildman–Crippen LogP) is 1.46. The number of hydrogen-bond donors (Lipinski definition) is 1. The van der Waals surface area contributed by atoms with Crippen LogP contribution in [-0.2, 0) is 9.53 Å². The van der Waals surface area contributed by atoms with Crippen LogP contribution < -0.4 is 5.73 Å². The molecule has 3 heteroatoms. The number of rotatable bonds is 2. The Morgan fingerprint density at radius 2 is 2.00 bits per heavy atom. The molecule has 1 fully saturated rings. The minimum Gasteiger partial charge on any atom is -0.468 e. The molecule has 0 bridgehead atoms. The van der Waals surface area contributed by atoms with Crippen LogP contribution in [0.1, 0.15) is 39.0 Å². The average molecular weight is 173 g/mol. The Morgan fingerprint density at radius 3 is 2.17 bits per heavy atom. The summed E-state index contributed by atoms with van der Waals surface area (Å²) in [6.45, 7) is 2.66. The minimum absolute atomic E-state index is 0.431. The van der Waals surface area contributed by atoms with E-state index >= 15 is 0 Å². The molecule has 0 saturated heterocycles. The molecule has 1 rings (SSSR count). The smallest absolute Gasteiger partial charge is 0.293 e. The van der Waals surface area contributed by atoms with Gasteiger partial charge < -0.3 is 10.5 Å². The third-order valence-corrected chi connectivity index (χ3v) is 1.88. The summed E-state index contributed by atoms with van der Waals surface area (Å²) in [5, 5.41) is 0. The molecule has 72 valence electrons. The van der Waals surface area contributed by atoms with E-state index in [-0.39, 0.29) is 0 Å². The number of carbonyl (C=O) groups is 1. The summed E-state index contributed by atoms with van der Waals surface area (Å²) < 4.78 is 4.15. The molecular formula is C9H19NO2. The lowest BCUT2D eigenvalue weighted by atomic mass is 9.97. The zero-order chi connectivity index (χ0) is 9.23. The first-order chi connectivity index (χ1) is 5.81. The van der Waals surface area contributed by atoms with Crippen molar-refractivity contribution in [3.63, 3.8) is 0 Å². The Morgan fingerprint density at radius 1 is 1.42 bits per heavy atom. The van der Waals surface area contributed by atoms with Crippen LogP contribution >= 0.6 is 0 Å². The normalized spacial score (nSPS) is 17.5. The molecular weight excluding hydrogens is 154 g/mol. The van der Waals surface area contributed by atoms with Crippen molar-refractivity contribution in [3.05, 3.63) is 0 Å². The molecule has 3 nitrogen and oxygen atoms in total. The minimum atomic E-state index is 0.431. The van der Waals surface area contributed by atoms with Crippen molar-refractivity contribution in [1.29, 1.82) is 0 Å². The maximum Gasteiger partial charge on any atom is 0.293 e. The highest BCUT2D eigenvalue weighted by molar-refractivity contribution is 5.36. The highest BCUT2D eigenvalue weighted by Crippen LogP contribution is 2.14. The molecule has 0 amide bonds. The van der Waals surface area contributed by atoms with Gasteiger partial charge in [-0.2, -0.15) is 0 Å². The lowest BCUT2D eigenvalue weighted by Gasteiger charge is -2.15. The first-order valence-corrected chi connectivity index (χ1v) is 4.62. The summed E-state index contributed by atoms with van der Waals surface area (Å²) in [5.41, 5.74) is 5.63. The molecule has 0 aromatic heterocycles. The standard InChI is InChI=1S/C6H13N.C3H6O2/c7-6-4-2-1-3-5-6;1-2-5-3-4/h6H,1-5,7H2;3H,2H2,1H3. The van der Waals surface area contributed by atoms with Gasteiger partial charge in [-0.05, 0) is 19.8 Å². The monoisotopic (exact) mass is 173 g/mol. The van der Waals surface area contributed by atoms with E-state index in [1.807, 2.05) is 0 Å². The van der Waals surface area contributed by atoms with E-state index in [2.05, 4.69) is 4.74 Å². The van der Waals surface area contributed by atoms with Gasteiger partial charge in [-0.3, -0.25) is 4.79 Å². The van der Waals surface area contributed by atoms with Crippen LogP contribution in [0.5, 0.6) is 0 Å². The summed E-state index contributed by atoms with van der Waals surface area (Å²) in [7, 11) is 0. The van der Waals surface area contributed by atoms with Crippen molar-refractivity contribution in [3.8, 4) is 0 Å². The Balaban J connectivity index is 0.000000217. The number of hydrogen-bond acceptors (Lipinski definition) is 3. The molecule has 0 aromatic rings. The molecule has 0 spiro atoms. The summed E-state index contributed by atoms with van der Waals surface area (Å²) in [4.78, 5) is 9.18. The highest BCUT2D eigenvalue weighted by atomic mass is 16.5. The molecule has 0 unspecified atom stereocenters. The van der Waals surface area contributed by atoms with Gasteiger partial charge in [-0.1, -0.05) is 19.3 Å². The van der Waals surface area contributed by atoms with E-state index in [1.165, 1.54) is 32.1 Å². The second kappa shape index (κ2) is 8.53. The molecule has 0 aromatic carbocycles. The summed E-state index contributed by atoms with van der Waals surface area (Å²) in [5.74, 6) is 0. The van der Waals surface area contributed by atoms with Crippen molar-refractivity contribution in [2.75, 3.05) is 6.61 Å². The molecule has 0 heterocycles. The third-order valence-electron chi connectivity index (χ3n) is 1.88. The van der Waals surface area contributed by atoms with Crippen molar-refractivity contribution >= 4 is 6.47 Å². The Hall–Kier alpha value is -0.570. The van der Waals surface area contributed by atoms with Gasteiger partial charge in [0, 0.05) is 6.04 Å². The van der Waals surface area contributed by atoms with Gasteiger partial charge in [0.15, 0.2) is 0 Å². The van der Waals surface area contributed by atoms with E-state index < -0.39 is 0 Å². The average Bonchev–Trinajstić information content (AvgIpc) is 2.08. The Bertz CT molecular complexity index is 101. The molecule has 0 aliphatic heterocycles. The van der Waals surface area contributed by atoms with Gasteiger partial charge >= 0.3 is 0 Å². The summed E-state index contributed by atoms with van der Waals surface area (Å²) in [6, 6.07) is 0.536. The molecule has 12 heavy (non-hydrogen) atoms. The molecule has 2 N–H and O–H groups in total. The quantitative estimate of drug-likeness (QED) is 0.643.